The van der Waals surface area contributed by atoms with Crippen LogP contribution >= 0.6 is 11.3 Å². The van der Waals surface area contributed by atoms with Crippen molar-refractivity contribution in [3.8, 4) is 0 Å². The molecule has 0 bridgehead atoms. The topological polar surface area (TPSA) is 24.9 Å². The average molecular weight is 274 g/mol. The Morgan fingerprint density at radius 1 is 1.61 bits per heavy atom. The molecule has 1 aliphatic rings. The van der Waals surface area contributed by atoms with Gasteiger partial charge in [0.05, 0.1) is 5.01 Å². The second-order valence-electron chi connectivity index (χ2n) is 5.18. The number of aryl methyl sites for hydroxylation is 1. The highest BCUT2D eigenvalue weighted by atomic mass is 32.1. The summed E-state index contributed by atoms with van der Waals surface area (Å²) >= 11 is 1.65. The Bertz CT molecular complexity index is 392. The summed E-state index contributed by atoms with van der Waals surface area (Å²) in [6, 6.07) is 0.162. The fourth-order valence-corrected chi connectivity index (χ4v) is 3.63. The number of alkyl halides is 2. The van der Waals surface area contributed by atoms with Crippen LogP contribution in [0.25, 0.3) is 0 Å². The lowest BCUT2D eigenvalue weighted by Gasteiger charge is -2.31. The molecular formula is C13H20F2N2S. The Morgan fingerprint density at radius 3 is 2.94 bits per heavy atom. The van der Waals surface area contributed by atoms with E-state index in [4.69, 9.17) is 0 Å². The molecule has 1 heterocycles. The van der Waals surface area contributed by atoms with Crippen LogP contribution in [0.5, 0.6) is 0 Å². The summed E-state index contributed by atoms with van der Waals surface area (Å²) in [5.41, 5.74) is 0. The molecule has 2 nitrogen and oxygen atoms in total. The maximum absolute atomic E-state index is 13.4. The number of nitrogens with one attached hydrogen (secondary N) is 1. The van der Waals surface area contributed by atoms with Crippen LogP contribution in [0.3, 0.4) is 0 Å². The van der Waals surface area contributed by atoms with Crippen LogP contribution in [0.1, 0.15) is 48.0 Å². The van der Waals surface area contributed by atoms with Crippen molar-refractivity contribution < 1.29 is 8.78 Å². The Labute approximate surface area is 111 Å². The van der Waals surface area contributed by atoms with Crippen LogP contribution in [0.15, 0.2) is 6.20 Å². The van der Waals surface area contributed by atoms with E-state index in [0.29, 0.717) is 6.42 Å². The van der Waals surface area contributed by atoms with Crippen LogP contribution in [0.4, 0.5) is 8.78 Å². The molecule has 1 aromatic heterocycles. The number of halogens is 2. The van der Waals surface area contributed by atoms with Gasteiger partial charge in [0.25, 0.3) is 0 Å². The molecule has 0 radical (unpaired) electrons. The summed E-state index contributed by atoms with van der Waals surface area (Å²) in [6.45, 7) is 1.97. The van der Waals surface area contributed by atoms with Crippen molar-refractivity contribution in [2.45, 2.75) is 51.0 Å². The van der Waals surface area contributed by atoms with Gasteiger partial charge in [-0.2, -0.15) is 0 Å². The third kappa shape index (κ3) is 3.48. The summed E-state index contributed by atoms with van der Waals surface area (Å²) in [5, 5.41) is 4.26. The van der Waals surface area contributed by atoms with Crippen LogP contribution in [-0.4, -0.2) is 18.0 Å². The molecule has 0 aromatic carbocycles. The van der Waals surface area contributed by atoms with Gasteiger partial charge in [-0.15, -0.1) is 11.3 Å². The zero-order valence-electron chi connectivity index (χ0n) is 10.9. The third-order valence-corrected chi connectivity index (χ3v) is 4.67. The summed E-state index contributed by atoms with van der Waals surface area (Å²) in [7, 11) is 1.89. The first-order valence-electron chi connectivity index (χ1n) is 6.47. The minimum absolute atomic E-state index is 0.0446. The zero-order valence-corrected chi connectivity index (χ0v) is 11.7. The molecule has 0 aliphatic heterocycles. The first-order chi connectivity index (χ1) is 8.50. The summed E-state index contributed by atoms with van der Waals surface area (Å²) in [5.74, 6) is -2.33. The van der Waals surface area contributed by atoms with Crippen molar-refractivity contribution in [2.75, 3.05) is 7.05 Å². The van der Waals surface area contributed by atoms with E-state index < -0.39 is 5.92 Å². The zero-order chi connectivity index (χ0) is 13.2. The molecule has 1 fully saturated rings. The number of rotatable bonds is 4. The van der Waals surface area contributed by atoms with Gasteiger partial charge in [-0.05, 0) is 39.2 Å². The quantitative estimate of drug-likeness (QED) is 0.900. The van der Waals surface area contributed by atoms with E-state index in [1.807, 2.05) is 20.2 Å². The normalized spacial score (nSPS) is 25.0. The highest BCUT2D eigenvalue weighted by Crippen LogP contribution is 2.40. The molecule has 2 unspecified atom stereocenters. The van der Waals surface area contributed by atoms with Crippen molar-refractivity contribution in [1.82, 2.24) is 10.3 Å². The van der Waals surface area contributed by atoms with E-state index in [0.717, 1.165) is 22.7 Å². The Balaban J connectivity index is 1.98. The second-order valence-corrected chi connectivity index (χ2v) is 6.44. The maximum atomic E-state index is 13.4. The van der Waals surface area contributed by atoms with Gasteiger partial charge in [-0.25, -0.2) is 13.8 Å². The minimum atomic E-state index is -2.45. The number of aromatic nitrogens is 1. The van der Waals surface area contributed by atoms with Crippen LogP contribution in [-0.2, 0) is 0 Å². The first-order valence-corrected chi connectivity index (χ1v) is 7.29. The SMILES string of the molecule is CNC(CC1CCCC(F)(F)C1)c1cnc(C)s1. The van der Waals surface area contributed by atoms with Gasteiger partial charge in [-0.3, -0.25) is 0 Å². The number of nitrogens with zero attached hydrogens (tertiary/aromatic N) is 1. The molecule has 0 spiro atoms. The minimum Gasteiger partial charge on any atom is -0.312 e. The molecule has 18 heavy (non-hydrogen) atoms. The largest absolute Gasteiger partial charge is 0.312 e. The van der Waals surface area contributed by atoms with E-state index in [9.17, 15) is 8.78 Å². The molecule has 2 rings (SSSR count). The van der Waals surface area contributed by atoms with Crippen molar-refractivity contribution >= 4 is 11.3 Å². The molecule has 1 aliphatic carbocycles. The number of hydrogen-bond donors (Lipinski definition) is 1. The Hall–Kier alpha value is -0.550. The molecule has 0 saturated heterocycles. The second kappa shape index (κ2) is 5.61. The highest BCUT2D eigenvalue weighted by molar-refractivity contribution is 7.11. The molecule has 1 aromatic rings. The van der Waals surface area contributed by atoms with Gasteiger partial charge in [0.1, 0.15) is 0 Å². The van der Waals surface area contributed by atoms with Gasteiger partial charge >= 0.3 is 0 Å². The Morgan fingerprint density at radius 2 is 2.39 bits per heavy atom. The fraction of sp³-hybridized carbons (Fsp3) is 0.769. The first kappa shape index (κ1) is 13.9. The smallest absolute Gasteiger partial charge is 0.248 e. The average Bonchev–Trinajstić information content (AvgIpc) is 2.71. The van der Waals surface area contributed by atoms with Crippen molar-refractivity contribution in [3.05, 3.63) is 16.1 Å². The standard InChI is InChI=1S/C13H20F2N2S/c1-9-17-8-12(18-9)11(16-2)6-10-4-3-5-13(14,15)7-10/h8,10-11,16H,3-7H2,1-2H3. The molecule has 1 N–H and O–H groups in total. The van der Waals surface area contributed by atoms with Crippen LogP contribution in [0.2, 0.25) is 0 Å². The van der Waals surface area contributed by atoms with Gasteiger partial charge in [-0.1, -0.05) is 0 Å². The molecular weight excluding hydrogens is 254 g/mol. The number of thiazole rings is 1. The summed E-state index contributed by atoms with van der Waals surface area (Å²) in [4.78, 5) is 5.39. The van der Waals surface area contributed by atoms with Crippen LogP contribution < -0.4 is 5.32 Å². The summed E-state index contributed by atoms with van der Waals surface area (Å²) in [6.07, 6.45) is 4.33. The lowest BCUT2D eigenvalue weighted by atomic mass is 9.82. The molecule has 5 heteroatoms. The van der Waals surface area contributed by atoms with E-state index in [-0.39, 0.29) is 24.8 Å². The lowest BCUT2D eigenvalue weighted by Crippen LogP contribution is -2.29. The highest BCUT2D eigenvalue weighted by Gasteiger charge is 2.37. The fourth-order valence-electron chi connectivity index (χ4n) is 2.73. The van der Waals surface area contributed by atoms with Gasteiger partial charge in [0.2, 0.25) is 5.92 Å². The van der Waals surface area contributed by atoms with Crippen LogP contribution in [0, 0.1) is 12.8 Å². The van der Waals surface area contributed by atoms with E-state index >= 15 is 0 Å². The predicted molar refractivity (Wildman–Crippen MR) is 70.2 cm³/mol. The molecule has 102 valence electrons. The van der Waals surface area contributed by atoms with Gasteiger partial charge in [0.15, 0.2) is 0 Å². The molecule has 2 atom stereocenters. The third-order valence-electron chi connectivity index (χ3n) is 3.64. The molecule has 0 amide bonds. The lowest BCUT2D eigenvalue weighted by molar-refractivity contribution is -0.0547. The predicted octanol–water partition coefficient (Wildman–Crippen LogP) is 3.93. The van der Waals surface area contributed by atoms with Gasteiger partial charge < -0.3 is 5.32 Å². The van der Waals surface area contributed by atoms with Gasteiger partial charge in [0, 0.05) is 30.0 Å². The number of hydrogen-bond acceptors (Lipinski definition) is 3. The van der Waals surface area contributed by atoms with Crippen molar-refractivity contribution in [3.63, 3.8) is 0 Å². The maximum Gasteiger partial charge on any atom is 0.248 e. The Kier molecular flexibility index (Phi) is 4.33. The monoisotopic (exact) mass is 274 g/mol. The van der Waals surface area contributed by atoms with E-state index in [2.05, 4.69) is 10.3 Å². The molecule has 1 saturated carbocycles. The van der Waals surface area contributed by atoms with E-state index in [1.54, 1.807) is 11.3 Å². The van der Waals surface area contributed by atoms with E-state index in [1.165, 1.54) is 0 Å². The van der Waals surface area contributed by atoms with Crippen molar-refractivity contribution in [2.24, 2.45) is 5.92 Å². The van der Waals surface area contributed by atoms with Crippen molar-refractivity contribution in [1.29, 1.82) is 0 Å². The summed E-state index contributed by atoms with van der Waals surface area (Å²) < 4.78 is 26.8.